The predicted molar refractivity (Wildman–Crippen MR) is 104 cm³/mol. The summed E-state index contributed by atoms with van der Waals surface area (Å²) in [5.74, 6) is -0.505. The van der Waals surface area contributed by atoms with Gasteiger partial charge in [-0.05, 0) is 41.5 Å². The lowest BCUT2D eigenvalue weighted by atomic mass is 9.87. The quantitative estimate of drug-likeness (QED) is 0.794. The number of carbonyl (C=O) groups is 2. The Morgan fingerprint density at radius 3 is 2.24 bits per heavy atom. The van der Waals surface area contributed by atoms with E-state index in [0.29, 0.717) is 5.56 Å². The summed E-state index contributed by atoms with van der Waals surface area (Å²) >= 11 is 1.56. The fraction of sp³-hybridized carbons (Fsp3) is 0.300. The molecule has 0 bridgehead atoms. The van der Waals surface area contributed by atoms with Crippen LogP contribution in [-0.2, 0) is 10.2 Å². The van der Waals surface area contributed by atoms with Gasteiger partial charge in [-0.2, -0.15) is 0 Å². The Bertz CT molecular complexity index is 749. The fourth-order valence-corrected chi connectivity index (χ4v) is 2.88. The van der Waals surface area contributed by atoms with Crippen molar-refractivity contribution >= 4 is 29.3 Å². The maximum absolute atomic E-state index is 12.2. The third kappa shape index (κ3) is 5.36. The Balaban J connectivity index is 1.92. The molecule has 0 aliphatic carbocycles. The second kappa shape index (κ2) is 8.21. The summed E-state index contributed by atoms with van der Waals surface area (Å²) in [4.78, 5) is 25.2. The zero-order chi connectivity index (χ0) is 18.4. The number of thioether (sulfide) groups is 1. The number of anilines is 1. The Morgan fingerprint density at radius 2 is 1.64 bits per heavy atom. The highest BCUT2D eigenvalue weighted by molar-refractivity contribution is 7.98. The second-order valence-corrected chi connectivity index (χ2v) is 7.61. The molecule has 2 amide bonds. The Hall–Kier alpha value is -2.27. The minimum absolute atomic E-state index is 0.0412. The van der Waals surface area contributed by atoms with Crippen LogP contribution in [0.1, 0.15) is 36.7 Å². The van der Waals surface area contributed by atoms with Gasteiger partial charge >= 0.3 is 0 Å². The van der Waals surface area contributed by atoms with Gasteiger partial charge in [0.15, 0.2) is 0 Å². The van der Waals surface area contributed by atoms with Crippen molar-refractivity contribution in [3.8, 4) is 0 Å². The average Bonchev–Trinajstić information content (AvgIpc) is 2.59. The topological polar surface area (TPSA) is 58.2 Å². The van der Waals surface area contributed by atoms with E-state index in [1.165, 1.54) is 0 Å². The van der Waals surface area contributed by atoms with E-state index in [-0.39, 0.29) is 23.8 Å². The Morgan fingerprint density at radius 1 is 1.00 bits per heavy atom. The van der Waals surface area contributed by atoms with Crippen molar-refractivity contribution in [2.75, 3.05) is 18.1 Å². The molecule has 2 N–H and O–H groups in total. The van der Waals surface area contributed by atoms with Crippen LogP contribution in [0.25, 0.3) is 0 Å². The van der Waals surface area contributed by atoms with Crippen molar-refractivity contribution in [1.82, 2.24) is 5.32 Å². The van der Waals surface area contributed by atoms with Crippen LogP contribution in [0.4, 0.5) is 5.69 Å². The summed E-state index contributed by atoms with van der Waals surface area (Å²) in [5.41, 5.74) is 2.50. The molecular weight excluding hydrogens is 332 g/mol. The number of hydrogen-bond acceptors (Lipinski definition) is 3. The van der Waals surface area contributed by atoms with Crippen LogP contribution in [0.15, 0.2) is 53.4 Å². The first-order chi connectivity index (χ1) is 11.8. The van der Waals surface area contributed by atoms with Crippen LogP contribution in [-0.4, -0.2) is 24.6 Å². The highest BCUT2D eigenvalue weighted by Gasteiger charge is 2.14. The summed E-state index contributed by atoms with van der Waals surface area (Å²) in [5, 5.41) is 5.48. The smallest absolute Gasteiger partial charge is 0.251 e. The molecule has 0 unspecified atom stereocenters. The molecule has 4 nitrogen and oxygen atoms in total. The molecule has 0 spiro atoms. The standard InChI is InChI=1S/C20H24N2O2S/c1-20(2,3)15-11-9-14(10-12-15)19(24)21-13-18(23)22-16-7-5-6-8-17(16)25-4/h5-12H,13H2,1-4H3,(H,21,24)(H,22,23). The monoisotopic (exact) mass is 356 g/mol. The zero-order valence-corrected chi connectivity index (χ0v) is 15.9. The maximum atomic E-state index is 12.2. The van der Waals surface area contributed by atoms with Gasteiger partial charge in [0.05, 0.1) is 12.2 Å². The van der Waals surface area contributed by atoms with Crippen LogP contribution in [0, 0.1) is 0 Å². The molecule has 5 heteroatoms. The Kier molecular flexibility index (Phi) is 6.26. The van der Waals surface area contributed by atoms with E-state index in [9.17, 15) is 9.59 Å². The van der Waals surface area contributed by atoms with Gasteiger partial charge in [0.1, 0.15) is 0 Å². The van der Waals surface area contributed by atoms with E-state index >= 15 is 0 Å². The lowest BCUT2D eigenvalue weighted by molar-refractivity contribution is -0.115. The SMILES string of the molecule is CSc1ccccc1NC(=O)CNC(=O)c1ccc(C(C)(C)C)cc1. The molecule has 0 aliphatic heterocycles. The summed E-state index contributed by atoms with van der Waals surface area (Å²) in [7, 11) is 0. The zero-order valence-electron chi connectivity index (χ0n) is 15.1. The molecule has 0 heterocycles. The van der Waals surface area contributed by atoms with Gasteiger partial charge in [0, 0.05) is 10.5 Å². The van der Waals surface area contributed by atoms with Crippen LogP contribution in [0.3, 0.4) is 0 Å². The molecule has 0 fully saturated rings. The molecule has 0 saturated heterocycles. The van der Waals surface area contributed by atoms with Gasteiger partial charge in [0.25, 0.3) is 5.91 Å². The highest BCUT2D eigenvalue weighted by Crippen LogP contribution is 2.24. The molecule has 132 valence electrons. The van der Waals surface area contributed by atoms with Crippen LogP contribution < -0.4 is 10.6 Å². The van der Waals surface area contributed by atoms with Gasteiger partial charge < -0.3 is 10.6 Å². The van der Waals surface area contributed by atoms with E-state index in [4.69, 9.17) is 0 Å². The lowest BCUT2D eigenvalue weighted by Crippen LogP contribution is -2.33. The number of para-hydroxylation sites is 1. The number of amides is 2. The molecule has 0 atom stereocenters. The summed E-state index contributed by atoms with van der Waals surface area (Å²) in [6.07, 6.45) is 1.95. The van der Waals surface area contributed by atoms with Crippen LogP contribution >= 0.6 is 11.8 Å². The normalized spacial score (nSPS) is 11.0. The van der Waals surface area contributed by atoms with Gasteiger partial charge in [-0.15, -0.1) is 11.8 Å². The van der Waals surface area contributed by atoms with Crippen molar-refractivity contribution < 1.29 is 9.59 Å². The van der Waals surface area contributed by atoms with Crippen molar-refractivity contribution in [3.63, 3.8) is 0 Å². The number of nitrogens with one attached hydrogen (secondary N) is 2. The molecule has 0 saturated carbocycles. The first-order valence-corrected chi connectivity index (χ1v) is 9.35. The first kappa shape index (κ1) is 19.1. The van der Waals surface area contributed by atoms with E-state index in [1.54, 1.807) is 23.9 Å². The number of carbonyl (C=O) groups excluding carboxylic acids is 2. The van der Waals surface area contributed by atoms with E-state index in [2.05, 4.69) is 31.4 Å². The van der Waals surface area contributed by atoms with Gasteiger partial charge in [0.2, 0.25) is 5.91 Å². The molecule has 0 aromatic heterocycles. The van der Waals surface area contributed by atoms with Crippen molar-refractivity contribution in [1.29, 1.82) is 0 Å². The van der Waals surface area contributed by atoms with Gasteiger partial charge in [-0.1, -0.05) is 45.0 Å². The third-order valence-corrected chi connectivity index (χ3v) is 4.60. The predicted octanol–water partition coefficient (Wildman–Crippen LogP) is 4.07. The van der Waals surface area contributed by atoms with Gasteiger partial charge in [-0.3, -0.25) is 9.59 Å². The molecule has 0 radical (unpaired) electrons. The minimum Gasteiger partial charge on any atom is -0.343 e. The largest absolute Gasteiger partial charge is 0.343 e. The molecule has 0 aliphatic rings. The molecule has 25 heavy (non-hydrogen) atoms. The minimum atomic E-state index is -0.256. The number of benzene rings is 2. The molecular formula is C20H24N2O2S. The van der Waals surface area contributed by atoms with E-state index in [1.807, 2.05) is 42.7 Å². The van der Waals surface area contributed by atoms with Gasteiger partial charge in [-0.25, -0.2) is 0 Å². The summed E-state index contributed by atoms with van der Waals surface area (Å²) in [6.45, 7) is 6.30. The van der Waals surface area contributed by atoms with Crippen LogP contribution in [0.5, 0.6) is 0 Å². The first-order valence-electron chi connectivity index (χ1n) is 8.13. The summed E-state index contributed by atoms with van der Waals surface area (Å²) in [6, 6.07) is 15.0. The maximum Gasteiger partial charge on any atom is 0.251 e. The second-order valence-electron chi connectivity index (χ2n) is 6.76. The fourth-order valence-electron chi connectivity index (χ4n) is 2.33. The van der Waals surface area contributed by atoms with Crippen LogP contribution in [0.2, 0.25) is 0 Å². The average molecular weight is 356 g/mol. The highest BCUT2D eigenvalue weighted by atomic mass is 32.2. The summed E-state index contributed by atoms with van der Waals surface area (Å²) < 4.78 is 0. The molecule has 2 aromatic carbocycles. The van der Waals surface area contributed by atoms with E-state index < -0.39 is 0 Å². The number of hydrogen-bond donors (Lipinski definition) is 2. The number of rotatable bonds is 5. The van der Waals surface area contributed by atoms with Crippen molar-refractivity contribution in [2.24, 2.45) is 0 Å². The van der Waals surface area contributed by atoms with Crippen molar-refractivity contribution in [3.05, 3.63) is 59.7 Å². The molecule has 2 rings (SSSR count). The Labute approximate surface area is 153 Å². The lowest BCUT2D eigenvalue weighted by Gasteiger charge is -2.19. The molecule has 2 aromatic rings. The van der Waals surface area contributed by atoms with E-state index in [0.717, 1.165) is 16.1 Å². The van der Waals surface area contributed by atoms with Crippen molar-refractivity contribution in [2.45, 2.75) is 31.1 Å². The third-order valence-electron chi connectivity index (χ3n) is 3.80.